The van der Waals surface area contributed by atoms with Gasteiger partial charge >= 0.3 is 0 Å². The van der Waals surface area contributed by atoms with Crippen LogP contribution >= 0.6 is 0 Å². The molecule has 2 rings (SSSR count). The van der Waals surface area contributed by atoms with Crippen LogP contribution in [0, 0.1) is 23.0 Å². The lowest BCUT2D eigenvalue weighted by molar-refractivity contribution is 0.0968. The summed E-state index contributed by atoms with van der Waals surface area (Å²) >= 11 is 0. The number of nitrogens with two attached hydrogens (primary N) is 1. The number of halogens is 2. The summed E-state index contributed by atoms with van der Waals surface area (Å²) in [7, 11) is 0. The molecule has 2 unspecified atom stereocenters. The van der Waals surface area contributed by atoms with E-state index in [1.807, 2.05) is 0 Å². The minimum Gasteiger partial charge on any atom is -0.271 e. The zero-order valence-electron chi connectivity index (χ0n) is 11.5. The van der Waals surface area contributed by atoms with Crippen LogP contribution in [0.25, 0.3) is 0 Å². The van der Waals surface area contributed by atoms with Crippen molar-refractivity contribution in [2.45, 2.75) is 45.6 Å². The molecule has 0 aromatic heterocycles. The fraction of sp³-hybridized carbons (Fsp3) is 0.600. The van der Waals surface area contributed by atoms with E-state index in [-0.39, 0.29) is 17.4 Å². The SMILES string of the molecule is CC1(C)CCCCC1C(NN)c1ccc(F)cc1F. The molecule has 3 N–H and O–H groups in total. The second kappa shape index (κ2) is 5.55. The highest BCUT2D eigenvalue weighted by atomic mass is 19.1. The van der Waals surface area contributed by atoms with Crippen molar-refractivity contribution in [3.05, 3.63) is 35.4 Å². The molecule has 106 valence electrons. The molecule has 1 aliphatic carbocycles. The lowest BCUT2D eigenvalue weighted by Crippen LogP contribution is -2.42. The van der Waals surface area contributed by atoms with E-state index < -0.39 is 11.6 Å². The van der Waals surface area contributed by atoms with Crippen LogP contribution in [0.4, 0.5) is 8.78 Å². The van der Waals surface area contributed by atoms with Gasteiger partial charge in [-0.3, -0.25) is 11.3 Å². The Kier molecular flexibility index (Phi) is 4.21. The Bertz CT molecular complexity index is 446. The molecule has 0 amide bonds. The lowest BCUT2D eigenvalue weighted by Gasteiger charge is -2.43. The topological polar surface area (TPSA) is 38.0 Å². The fourth-order valence-corrected chi connectivity index (χ4v) is 3.32. The van der Waals surface area contributed by atoms with Gasteiger partial charge in [-0.1, -0.05) is 32.8 Å². The third-order valence-corrected chi connectivity index (χ3v) is 4.47. The van der Waals surface area contributed by atoms with Crippen molar-refractivity contribution < 1.29 is 8.78 Å². The monoisotopic (exact) mass is 268 g/mol. The van der Waals surface area contributed by atoms with Crippen LogP contribution < -0.4 is 11.3 Å². The van der Waals surface area contributed by atoms with Crippen molar-refractivity contribution in [3.8, 4) is 0 Å². The van der Waals surface area contributed by atoms with E-state index in [0.717, 1.165) is 25.3 Å². The molecule has 0 spiro atoms. The Morgan fingerprint density at radius 3 is 2.63 bits per heavy atom. The zero-order chi connectivity index (χ0) is 14.0. The molecule has 2 nitrogen and oxygen atoms in total. The second-order valence-electron chi connectivity index (χ2n) is 6.15. The molecule has 1 aromatic carbocycles. The first kappa shape index (κ1) is 14.4. The summed E-state index contributed by atoms with van der Waals surface area (Å²) in [4.78, 5) is 0. The second-order valence-corrected chi connectivity index (χ2v) is 6.15. The molecule has 1 aliphatic rings. The predicted molar refractivity (Wildman–Crippen MR) is 72.2 cm³/mol. The van der Waals surface area contributed by atoms with E-state index in [9.17, 15) is 8.78 Å². The molecule has 0 radical (unpaired) electrons. The van der Waals surface area contributed by atoms with Gasteiger partial charge in [0.15, 0.2) is 0 Å². The van der Waals surface area contributed by atoms with E-state index in [1.54, 1.807) is 0 Å². The summed E-state index contributed by atoms with van der Waals surface area (Å²) in [6, 6.07) is 3.45. The largest absolute Gasteiger partial charge is 0.271 e. The smallest absolute Gasteiger partial charge is 0.130 e. The van der Waals surface area contributed by atoms with Crippen LogP contribution in [0.2, 0.25) is 0 Å². The highest BCUT2D eigenvalue weighted by Gasteiger charge is 2.38. The number of hydrogen-bond donors (Lipinski definition) is 2. The van der Waals surface area contributed by atoms with Crippen molar-refractivity contribution in [2.75, 3.05) is 0 Å². The van der Waals surface area contributed by atoms with Gasteiger partial charge in [0.1, 0.15) is 11.6 Å². The van der Waals surface area contributed by atoms with Gasteiger partial charge in [0, 0.05) is 11.6 Å². The zero-order valence-corrected chi connectivity index (χ0v) is 11.5. The van der Waals surface area contributed by atoms with E-state index in [1.165, 1.54) is 18.6 Å². The van der Waals surface area contributed by atoms with Gasteiger partial charge in [-0.2, -0.15) is 0 Å². The van der Waals surface area contributed by atoms with Gasteiger partial charge < -0.3 is 0 Å². The third kappa shape index (κ3) is 2.95. The fourth-order valence-electron chi connectivity index (χ4n) is 3.32. The van der Waals surface area contributed by atoms with Gasteiger partial charge in [0.2, 0.25) is 0 Å². The Labute approximate surface area is 113 Å². The van der Waals surface area contributed by atoms with Crippen LogP contribution in [-0.4, -0.2) is 0 Å². The average Bonchev–Trinajstić information content (AvgIpc) is 2.34. The van der Waals surface area contributed by atoms with Crippen LogP contribution in [0.3, 0.4) is 0 Å². The first-order chi connectivity index (χ1) is 8.95. The van der Waals surface area contributed by atoms with Crippen molar-refractivity contribution in [1.29, 1.82) is 0 Å². The molecular weight excluding hydrogens is 246 g/mol. The van der Waals surface area contributed by atoms with Crippen LogP contribution in [0.5, 0.6) is 0 Å². The molecule has 1 saturated carbocycles. The maximum absolute atomic E-state index is 14.0. The maximum Gasteiger partial charge on any atom is 0.130 e. The molecule has 2 atom stereocenters. The lowest BCUT2D eigenvalue weighted by atomic mass is 9.65. The van der Waals surface area contributed by atoms with Crippen LogP contribution in [0.1, 0.15) is 51.1 Å². The quantitative estimate of drug-likeness (QED) is 0.648. The minimum atomic E-state index is -0.556. The van der Waals surface area contributed by atoms with Gasteiger partial charge in [-0.15, -0.1) is 0 Å². The molecule has 1 fully saturated rings. The first-order valence-corrected chi connectivity index (χ1v) is 6.87. The molecule has 0 heterocycles. The Morgan fingerprint density at radius 2 is 2.05 bits per heavy atom. The number of rotatable bonds is 3. The molecule has 4 heteroatoms. The van der Waals surface area contributed by atoms with Crippen molar-refractivity contribution >= 4 is 0 Å². The summed E-state index contributed by atoms with van der Waals surface area (Å²) in [6.45, 7) is 4.39. The van der Waals surface area contributed by atoms with E-state index >= 15 is 0 Å². The summed E-state index contributed by atoms with van der Waals surface area (Å²) < 4.78 is 27.0. The average molecular weight is 268 g/mol. The van der Waals surface area contributed by atoms with Gasteiger partial charge in [-0.25, -0.2) is 8.78 Å². The van der Waals surface area contributed by atoms with E-state index in [0.29, 0.717) is 5.56 Å². The minimum absolute atomic E-state index is 0.107. The Balaban J connectivity index is 2.33. The van der Waals surface area contributed by atoms with Crippen LogP contribution in [0.15, 0.2) is 18.2 Å². The van der Waals surface area contributed by atoms with E-state index in [4.69, 9.17) is 5.84 Å². The Morgan fingerprint density at radius 1 is 1.32 bits per heavy atom. The number of benzene rings is 1. The predicted octanol–water partition coefficient (Wildman–Crippen LogP) is 3.69. The Hall–Kier alpha value is -1.00. The van der Waals surface area contributed by atoms with E-state index in [2.05, 4.69) is 19.3 Å². The maximum atomic E-state index is 14.0. The number of hydrazine groups is 1. The van der Waals surface area contributed by atoms with Gasteiger partial charge in [0.25, 0.3) is 0 Å². The van der Waals surface area contributed by atoms with Gasteiger partial charge in [-0.05, 0) is 30.2 Å². The molecule has 1 aromatic rings. The van der Waals surface area contributed by atoms with Gasteiger partial charge in [0.05, 0.1) is 6.04 Å². The number of hydrogen-bond acceptors (Lipinski definition) is 2. The highest BCUT2D eigenvalue weighted by molar-refractivity contribution is 5.23. The summed E-state index contributed by atoms with van der Waals surface area (Å²) in [5, 5.41) is 0. The highest BCUT2D eigenvalue weighted by Crippen LogP contribution is 2.46. The first-order valence-electron chi connectivity index (χ1n) is 6.87. The number of nitrogens with one attached hydrogen (secondary N) is 1. The summed E-state index contributed by atoms with van der Waals surface area (Å²) in [6.07, 6.45) is 4.46. The van der Waals surface area contributed by atoms with Crippen molar-refractivity contribution in [3.63, 3.8) is 0 Å². The van der Waals surface area contributed by atoms with Crippen LogP contribution in [-0.2, 0) is 0 Å². The summed E-state index contributed by atoms with van der Waals surface area (Å²) in [5.74, 6) is 4.83. The molecule has 0 aliphatic heterocycles. The normalized spacial score (nSPS) is 24.2. The standard InChI is InChI=1S/C15H22F2N2/c1-15(2)8-4-3-5-12(15)14(19-18)11-7-6-10(16)9-13(11)17/h6-7,9,12,14,19H,3-5,8,18H2,1-2H3. The molecule has 0 bridgehead atoms. The molecular formula is C15H22F2N2. The third-order valence-electron chi connectivity index (χ3n) is 4.47. The summed E-state index contributed by atoms with van der Waals surface area (Å²) in [5.41, 5.74) is 3.31. The van der Waals surface area contributed by atoms with Crippen molar-refractivity contribution in [1.82, 2.24) is 5.43 Å². The van der Waals surface area contributed by atoms with Crippen molar-refractivity contribution in [2.24, 2.45) is 17.2 Å². The molecule has 19 heavy (non-hydrogen) atoms. The molecule has 0 saturated heterocycles.